The molecule has 1 aromatic heterocycles. The summed E-state index contributed by atoms with van der Waals surface area (Å²) >= 11 is 0. The summed E-state index contributed by atoms with van der Waals surface area (Å²) < 4.78 is 0. The van der Waals surface area contributed by atoms with Crippen molar-refractivity contribution in [1.29, 1.82) is 0 Å². The molecule has 1 aromatic carbocycles. The smallest absolute Gasteiger partial charge is 0.0857 e. The van der Waals surface area contributed by atoms with Crippen LogP contribution in [0.15, 0.2) is 23.2 Å². The van der Waals surface area contributed by atoms with Gasteiger partial charge in [0.25, 0.3) is 0 Å². The van der Waals surface area contributed by atoms with Crippen molar-refractivity contribution in [3.05, 3.63) is 35.0 Å². The first-order valence-electron chi connectivity index (χ1n) is 8.46. The van der Waals surface area contributed by atoms with Crippen molar-refractivity contribution < 1.29 is 0 Å². The molecule has 3 nitrogen and oxygen atoms in total. The van der Waals surface area contributed by atoms with Crippen LogP contribution < -0.4 is 0 Å². The Labute approximate surface area is 133 Å². The first-order valence-corrected chi connectivity index (χ1v) is 8.46. The molecule has 22 heavy (non-hydrogen) atoms. The van der Waals surface area contributed by atoms with Crippen LogP contribution in [0.2, 0.25) is 0 Å². The molecule has 0 saturated heterocycles. The molecule has 118 valence electrons. The minimum absolute atomic E-state index is 0.437. The molecule has 1 aliphatic rings. The SMILES string of the molecule is CCC(N=CN1CCc2c([nH]c3ccc(C)cc23)C1)C(C)C. The van der Waals surface area contributed by atoms with Gasteiger partial charge in [0.1, 0.15) is 0 Å². The number of aryl methyl sites for hydroxylation is 1. The molecule has 0 fully saturated rings. The fourth-order valence-corrected chi connectivity index (χ4v) is 3.40. The fourth-order valence-electron chi connectivity index (χ4n) is 3.40. The van der Waals surface area contributed by atoms with Crippen molar-refractivity contribution in [1.82, 2.24) is 9.88 Å². The molecule has 0 saturated carbocycles. The van der Waals surface area contributed by atoms with Gasteiger partial charge in [0.05, 0.1) is 18.9 Å². The van der Waals surface area contributed by atoms with E-state index in [0.29, 0.717) is 12.0 Å². The standard InChI is InChI=1S/C19H27N3/c1-5-17(13(2)3)20-12-22-9-8-15-16-10-14(4)6-7-18(16)21-19(15)11-22/h6-7,10,12-13,17,21H,5,8-9,11H2,1-4H3. The van der Waals surface area contributed by atoms with E-state index in [2.05, 4.69) is 62.1 Å². The second kappa shape index (κ2) is 6.15. The van der Waals surface area contributed by atoms with Crippen molar-refractivity contribution in [2.24, 2.45) is 10.9 Å². The molecule has 3 heteroatoms. The molecular weight excluding hydrogens is 270 g/mol. The van der Waals surface area contributed by atoms with Crippen LogP contribution in [0.1, 0.15) is 44.0 Å². The molecule has 1 N–H and O–H groups in total. The lowest BCUT2D eigenvalue weighted by molar-refractivity contribution is 0.393. The van der Waals surface area contributed by atoms with Gasteiger partial charge in [0.15, 0.2) is 0 Å². The zero-order valence-corrected chi connectivity index (χ0v) is 14.2. The van der Waals surface area contributed by atoms with Gasteiger partial charge >= 0.3 is 0 Å². The largest absolute Gasteiger partial charge is 0.357 e. The molecule has 1 atom stereocenters. The van der Waals surface area contributed by atoms with Crippen molar-refractivity contribution in [3.63, 3.8) is 0 Å². The average molecular weight is 297 g/mol. The van der Waals surface area contributed by atoms with Crippen LogP contribution >= 0.6 is 0 Å². The first-order chi connectivity index (χ1) is 10.6. The third-order valence-corrected chi connectivity index (χ3v) is 4.77. The summed E-state index contributed by atoms with van der Waals surface area (Å²) in [6.45, 7) is 10.9. The Morgan fingerprint density at radius 1 is 1.36 bits per heavy atom. The lowest BCUT2D eigenvalue weighted by atomic mass is 10.0. The van der Waals surface area contributed by atoms with Gasteiger partial charge in [-0.15, -0.1) is 0 Å². The number of nitrogens with one attached hydrogen (secondary N) is 1. The zero-order valence-electron chi connectivity index (χ0n) is 14.2. The van der Waals surface area contributed by atoms with Crippen LogP contribution in [-0.4, -0.2) is 28.8 Å². The van der Waals surface area contributed by atoms with Crippen molar-refractivity contribution >= 4 is 17.2 Å². The van der Waals surface area contributed by atoms with Crippen LogP contribution in [0.4, 0.5) is 0 Å². The molecule has 0 spiro atoms. The van der Waals surface area contributed by atoms with E-state index >= 15 is 0 Å². The van der Waals surface area contributed by atoms with Crippen LogP contribution in [0, 0.1) is 12.8 Å². The summed E-state index contributed by atoms with van der Waals surface area (Å²) in [4.78, 5) is 10.7. The minimum atomic E-state index is 0.437. The number of aromatic nitrogens is 1. The molecule has 0 bridgehead atoms. The van der Waals surface area contributed by atoms with E-state index in [9.17, 15) is 0 Å². The number of nitrogens with zero attached hydrogens (tertiary/aromatic N) is 2. The fraction of sp³-hybridized carbons (Fsp3) is 0.526. The van der Waals surface area contributed by atoms with E-state index in [1.165, 1.54) is 27.7 Å². The Hall–Kier alpha value is -1.77. The topological polar surface area (TPSA) is 31.4 Å². The Balaban J connectivity index is 1.79. The molecular formula is C19H27N3. The second-order valence-corrected chi connectivity index (χ2v) is 6.84. The number of fused-ring (bicyclic) bond motifs is 3. The summed E-state index contributed by atoms with van der Waals surface area (Å²) in [5.74, 6) is 0.609. The highest BCUT2D eigenvalue weighted by molar-refractivity contribution is 5.85. The Morgan fingerprint density at radius 2 is 2.18 bits per heavy atom. The lowest BCUT2D eigenvalue weighted by Gasteiger charge is -2.26. The quantitative estimate of drug-likeness (QED) is 0.662. The predicted octanol–water partition coefficient (Wildman–Crippen LogP) is 4.30. The summed E-state index contributed by atoms with van der Waals surface area (Å²) in [7, 11) is 0. The third kappa shape index (κ3) is 2.90. The summed E-state index contributed by atoms with van der Waals surface area (Å²) in [6.07, 6.45) is 4.29. The first kappa shape index (κ1) is 15.1. The number of hydrogen-bond acceptors (Lipinski definition) is 1. The van der Waals surface area contributed by atoms with E-state index < -0.39 is 0 Å². The van der Waals surface area contributed by atoms with Crippen molar-refractivity contribution in [2.45, 2.75) is 53.1 Å². The van der Waals surface area contributed by atoms with Crippen molar-refractivity contribution in [3.8, 4) is 0 Å². The second-order valence-electron chi connectivity index (χ2n) is 6.84. The van der Waals surface area contributed by atoms with E-state index in [4.69, 9.17) is 4.99 Å². The maximum absolute atomic E-state index is 4.79. The van der Waals surface area contributed by atoms with Crippen LogP contribution in [-0.2, 0) is 13.0 Å². The number of benzene rings is 1. The highest BCUT2D eigenvalue weighted by Gasteiger charge is 2.19. The van der Waals surface area contributed by atoms with Crippen LogP contribution in [0.3, 0.4) is 0 Å². The zero-order chi connectivity index (χ0) is 15.7. The average Bonchev–Trinajstić information content (AvgIpc) is 2.84. The van der Waals surface area contributed by atoms with Gasteiger partial charge < -0.3 is 9.88 Å². The molecule has 0 aliphatic carbocycles. The maximum atomic E-state index is 4.79. The molecule has 0 radical (unpaired) electrons. The highest BCUT2D eigenvalue weighted by atomic mass is 15.2. The van der Waals surface area contributed by atoms with E-state index in [1.807, 2.05) is 0 Å². The number of H-pyrrole nitrogens is 1. The maximum Gasteiger partial charge on any atom is 0.0857 e. The molecule has 1 aliphatic heterocycles. The normalized spacial score (nSPS) is 16.7. The van der Waals surface area contributed by atoms with Crippen molar-refractivity contribution in [2.75, 3.05) is 6.54 Å². The Morgan fingerprint density at radius 3 is 2.91 bits per heavy atom. The lowest BCUT2D eigenvalue weighted by Crippen LogP contribution is -2.30. The Kier molecular flexibility index (Phi) is 4.23. The van der Waals surface area contributed by atoms with Crippen LogP contribution in [0.5, 0.6) is 0 Å². The molecule has 1 unspecified atom stereocenters. The van der Waals surface area contributed by atoms with Gasteiger partial charge in [0, 0.05) is 23.1 Å². The molecule has 2 aromatic rings. The molecule has 0 amide bonds. The van der Waals surface area contributed by atoms with Gasteiger partial charge in [-0.2, -0.15) is 0 Å². The predicted molar refractivity (Wildman–Crippen MR) is 94.6 cm³/mol. The summed E-state index contributed by atoms with van der Waals surface area (Å²) in [5, 5.41) is 1.40. The van der Waals surface area contributed by atoms with Gasteiger partial charge in [-0.25, -0.2) is 0 Å². The monoisotopic (exact) mass is 297 g/mol. The van der Waals surface area contributed by atoms with E-state index in [-0.39, 0.29) is 0 Å². The number of aromatic amines is 1. The summed E-state index contributed by atoms with van der Waals surface area (Å²) in [5.41, 5.74) is 5.46. The van der Waals surface area contributed by atoms with E-state index in [0.717, 1.165) is 25.9 Å². The Bertz CT molecular complexity index is 681. The highest BCUT2D eigenvalue weighted by Crippen LogP contribution is 2.28. The van der Waals surface area contributed by atoms with Crippen LogP contribution in [0.25, 0.3) is 10.9 Å². The van der Waals surface area contributed by atoms with Gasteiger partial charge in [-0.1, -0.05) is 32.4 Å². The molecule has 3 rings (SSSR count). The van der Waals surface area contributed by atoms with E-state index in [1.54, 1.807) is 0 Å². The minimum Gasteiger partial charge on any atom is -0.357 e. The number of rotatable bonds is 4. The van der Waals surface area contributed by atoms with Gasteiger partial charge in [-0.3, -0.25) is 4.99 Å². The summed E-state index contributed by atoms with van der Waals surface area (Å²) in [6, 6.07) is 7.12. The molecule has 2 heterocycles. The number of aliphatic imine (C=N–C) groups is 1. The third-order valence-electron chi connectivity index (χ3n) is 4.77. The van der Waals surface area contributed by atoms with Gasteiger partial charge in [0.2, 0.25) is 0 Å². The number of hydrogen-bond donors (Lipinski definition) is 1. The van der Waals surface area contributed by atoms with Gasteiger partial charge in [-0.05, 0) is 43.4 Å².